The first-order valence-electron chi connectivity index (χ1n) is 1.85. The van der Waals surface area contributed by atoms with Gasteiger partial charge in [0.25, 0.3) is 0 Å². The average Bonchev–Trinajstić information content (AvgIpc) is 1.87. The molecule has 0 spiro atoms. The normalized spacial score (nSPS) is 6.40. The highest BCUT2D eigenvalue weighted by Gasteiger charge is 1.83. The van der Waals surface area contributed by atoms with Crippen LogP contribution in [0.3, 0.4) is 0 Å². The lowest BCUT2D eigenvalue weighted by molar-refractivity contribution is 0.837. The molecule has 0 aromatic carbocycles. The Kier molecular flexibility index (Phi) is 11.1. The zero-order valence-corrected chi connectivity index (χ0v) is 7.38. The Morgan fingerprint density at radius 1 is 1.30 bits per heavy atom. The molecule has 0 amide bonds. The summed E-state index contributed by atoms with van der Waals surface area (Å²) in [5.41, 5.74) is 5.17. The maximum absolute atomic E-state index is 5.17. The minimum atomic E-state index is 0. The standard InChI is InChI=1S/C3H6N4.3ClH/c4-3-1-2-7(5)6-3;;;/h1-2H,5H2,(H2,4,6);3*1H. The molecule has 0 saturated carbocycles. The van der Waals surface area contributed by atoms with Crippen LogP contribution in [0, 0.1) is 0 Å². The van der Waals surface area contributed by atoms with E-state index in [0.717, 1.165) is 4.79 Å². The first kappa shape index (κ1) is 16.3. The van der Waals surface area contributed by atoms with Gasteiger partial charge < -0.3 is 11.6 Å². The SMILES string of the molecule is Cl.Cl.Cl.Nc1ccn(N)n1. The van der Waals surface area contributed by atoms with E-state index in [9.17, 15) is 0 Å². The Morgan fingerprint density at radius 2 is 1.80 bits per heavy atom. The molecule has 7 heteroatoms. The monoisotopic (exact) mass is 206 g/mol. The highest BCUT2D eigenvalue weighted by Crippen LogP contribution is 1.88. The van der Waals surface area contributed by atoms with Crippen molar-refractivity contribution in [3.05, 3.63) is 12.3 Å². The van der Waals surface area contributed by atoms with E-state index in [4.69, 9.17) is 11.6 Å². The lowest BCUT2D eigenvalue weighted by Gasteiger charge is -1.81. The molecule has 1 heterocycles. The van der Waals surface area contributed by atoms with Crippen molar-refractivity contribution in [1.82, 2.24) is 9.89 Å². The average molecular weight is 207 g/mol. The molecule has 0 unspecified atom stereocenters. The van der Waals surface area contributed by atoms with Gasteiger partial charge in [-0.15, -0.1) is 42.3 Å². The topological polar surface area (TPSA) is 69.9 Å². The van der Waals surface area contributed by atoms with Crippen LogP contribution in [0.15, 0.2) is 12.3 Å². The second-order valence-electron chi connectivity index (χ2n) is 1.22. The largest absolute Gasteiger partial charge is 0.382 e. The molecule has 1 rings (SSSR count). The summed E-state index contributed by atoms with van der Waals surface area (Å²) >= 11 is 0. The Balaban J connectivity index is -0.000000163. The van der Waals surface area contributed by atoms with Crippen LogP contribution in [0.1, 0.15) is 0 Å². The van der Waals surface area contributed by atoms with E-state index in [1.54, 1.807) is 12.3 Å². The molecular formula is C3H9Cl3N4. The Hall–Kier alpha value is -0.320. The molecule has 0 aliphatic rings. The van der Waals surface area contributed by atoms with Crippen LogP contribution in [0.25, 0.3) is 0 Å². The van der Waals surface area contributed by atoms with Crippen molar-refractivity contribution in [2.24, 2.45) is 0 Å². The molecule has 4 N–H and O–H groups in total. The fourth-order valence-electron chi connectivity index (χ4n) is 0.353. The Bertz CT molecular complexity index is 148. The smallest absolute Gasteiger partial charge is 0.147 e. The van der Waals surface area contributed by atoms with Gasteiger partial charge in [-0.05, 0) is 0 Å². The summed E-state index contributed by atoms with van der Waals surface area (Å²) in [4.78, 5) is 1.16. The first-order chi connectivity index (χ1) is 3.29. The number of halogens is 3. The van der Waals surface area contributed by atoms with Gasteiger partial charge in [0.2, 0.25) is 0 Å². The van der Waals surface area contributed by atoms with Gasteiger partial charge in [0, 0.05) is 6.07 Å². The van der Waals surface area contributed by atoms with Crippen LogP contribution >= 0.6 is 37.2 Å². The van der Waals surface area contributed by atoms with Gasteiger partial charge in [0.15, 0.2) is 0 Å². The highest BCUT2D eigenvalue weighted by molar-refractivity contribution is 5.86. The van der Waals surface area contributed by atoms with Crippen molar-refractivity contribution < 1.29 is 0 Å². The minimum absolute atomic E-state index is 0. The summed E-state index contributed by atoms with van der Waals surface area (Å²) in [5, 5.41) is 3.58. The van der Waals surface area contributed by atoms with E-state index < -0.39 is 0 Å². The molecule has 0 aliphatic heterocycles. The minimum Gasteiger partial charge on any atom is -0.382 e. The summed E-state index contributed by atoms with van der Waals surface area (Å²) in [5.74, 6) is 5.55. The number of hydrogen-bond donors (Lipinski definition) is 2. The van der Waals surface area contributed by atoms with Crippen molar-refractivity contribution in [1.29, 1.82) is 0 Å². The van der Waals surface area contributed by atoms with E-state index in [1.165, 1.54) is 0 Å². The number of aromatic nitrogens is 2. The number of nitrogens with two attached hydrogens (primary N) is 2. The molecule has 0 bridgehead atoms. The Morgan fingerprint density at radius 3 is 1.90 bits per heavy atom. The summed E-state index contributed by atoms with van der Waals surface area (Å²) in [7, 11) is 0. The fraction of sp³-hybridized carbons (Fsp3) is 0. The zero-order chi connectivity index (χ0) is 5.28. The predicted molar refractivity (Wildman–Crippen MR) is 48.5 cm³/mol. The number of nitrogens with zero attached hydrogens (tertiary/aromatic N) is 2. The van der Waals surface area contributed by atoms with E-state index in [1.807, 2.05) is 0 Å². The van der Waals surface area contributed by atoms with Crippen LogP contribution in [0.2, 0.25) is 0 Å². The molecule has 0 aliphatic carbocycles. The van der Waals surface area contributed by atoms with E-state index >= 15 is 0 Å². The second-order valence-corrected chi connectivity index (χ2v) is 1.22. The maximum Gasteiger partial charge on any atom is 0.147 e. The van der Waals surface area contributed by atoms with Crippen molar-refractivity contribution in [2.75, 3.05) is 11.6 Å². The molecule has 10 heavy (non-hydrogen) atoms. The van der Waals surface area contributed by atoms with Crippen LogP contribution in [0.4, 0.5) is 5.82 Å². The van der Waals surface area contributed by atoms with E-state index in [0.29, 0.717) is 5.82 Å². The molecule has 1 aromatic rings. The van der Waals surface area contributed by atoms with Gasteiger partial charge in [0.05, 0.1) is 6.20 Å². The molecule has 0 radical (unpaired) electrons. The molecule has 0 atom stereocenters. The Labute approximate surface area is 77.1 Å². The number of rotatable bonds is 0. The molecule has 4 nitrogen and oxygen atoms in total. The van der Waals surface area contributed by atoms with Crippen LogP contribution in [-0.2, 0) is 0 Å². The highest BCUT2D eigenvalue weighted by atomic mass is 35.5. The summed E-state index contributed by atoms with van der Waals surface area (Å²) in [6.45, 7) is 0. The van der Waals surface area contributed by atoms with Crippen LogP contribution in [0.5, 0.6) is 0 Å². The second kappa shape index (κ2) is 6.80. The quantitative estimate of drug-likeness (QED) is 0.607. The zero-order valence-electron chi connectivity index (χ0n) is 4.93. The van der Waals surface area contributed by atoms with Crippen LogP contribution < -0.4 is 11.6 Å². The first-order valence-corrected chi connectivity index (χ1v) is 1.85. The maximum atomic E-state index is 5.17. The molecule has 1 aromatic heterocycles. The van der Waals surface area contributed by atoms with Crippen molar-refractivity contribution in [3.63, 3.8) is 0 Å². The molecule has 62 valence electrons. The number of anilines is 1. The van der Waals surface area contributed by atoms with Gasteiger partial charge in [0.1, 0.15) is 5.82 Å². The van der Waals surface area contributed by atoms with Gasteiger partial charge in [-0.25, -0.2) is 0 Å². The predicted octanol–water partition coefficient (Wildman–Crippen LogP) is 0.445. The molecule has 0 fully saturated rings. The lowest BCUT2D eigenvalue weighted by Crippen LogP contribution is -2.08. The van der Waals surface area contributed by atoms with Gasteiger partial charge in [-0.3, -0.25) is 0 Å². The van der Waals surface area contributed by atoms with E-state index in [-0.39, 0.29) is 37.2 Å². The summed E-state index contributed by atoms with van der Waals surface area (Å²) < 4.78 is 0. The van der Waals surface area contributed by atoms with Gasteiger partial charge in [-0.1, -0.05) is 0 Å². The molecular weight excluding hydrogens is 198 g/mol. The number of nitrogen functional groups attached to an aromatic ring is 2. The van der Waals surface area contributed by atoms with Crippen molar-refractivity contribution in [2.45, 2.75) is 0 Å². The summed E-state index contributed by atoms with van der Waals surface area (Å²) in [6.07, 6.45) is 1.58. The third-order valence-corrected chi connectivity index (χ3v) is 0.629. The fourth-order valence-corrected chi connectivity index (χ4v) is 0.353. The van der Waals surface area contributed by atoms with Gasteiger partial charge >= 0.3 is 0 Å². The third-order valence-electron chi connectivity index (χ3n) is 0.629. The van der Waals surface area contributed by atoms with E-state index in [2.05, 4.69) is 5.10 Å². The third kappa shape index (κ3) is 4.55. The van der Waals surface area contributed by atoms with Crippen LogP contribution in [-0.4, -0.2) is 9.89 Å². The summed E-state index contributed by atoms with van der Waals surface area (Å²) in [6, 6.07) is 1.62. The molecule has 0 saturated heterocycles. The number of hydrogen-bond acceptors (Lipinski definition) is 3. The van der Waals surface area contributed by atoms with Gasteiger partial charge in [-0.2, -0.15) is 4.79 Å². The lowest BCUT2D eigenvalue weighted by atomic mass is 10.7. The van der Waals surface area contributed by atoms with Crippen molar-refractivity contribution in [3.8, 4) is 0 Å². The van der Waals surface area contributed by atoms with Crippen molar-refractivity contribution >= 4 is 43.0 Å².